The van der Waals surface area contributed by atoms with E-state index in [-0.39, 0.29) is 69.8 Å². The van der Waals surface area contributed by atoms with E-state index in [9.17, 15) is 24.0 Å². The van der Waals surface area contributed by atoms with Crippen LogP contribution in [0.25, 0.3) is 0 Å². The lowest BCUT2D eigenvalue weighted by Crippen LogP contribution is -2.27. The van der Waals surface area contributed by atoms with E-state index in [2.05, 4.69) is 81.2 Å². The first-order valence-corrected chi connectivity index (χ1v) is 26.8. The second-order valence-electron chi connectivity index (χ2n) is 18.3. The Hall–Kier alpha value is -3.73. The molecule has 0 aliphatic carbocycles. The fourth-order valence-electron chi connectivity index (χ4n) is 7.95. The number of rotatable bonds is 44. The smallest absolute Gasteiger partial charge is 0.305 e. The maximum Gasteiger partial charge on any atom is 0.305 e. The summed E-state index contributed by atoms with van der Waals surface area (Å²) in [4.78, 5) is 65.7. The topological polar surface area (TPSA) is 135 Å². The Balaban J connectivity index is 2.53. The van der Waals surface area contributed by atoms with Crippen LogP contribution in [0.2, 0.25) is 0 Å². The molecule has 0 aromatic rings. The van der Waals surface area contributed by atoms with E-state index in [1.54, 1.807) is 0 Å². The highest BCUT2D eigenvalue weighted by atomic mass is 16.6. The second kappa shape index (κ2) is 44.8. The summed E-state index contributed by atoms with van der Waals surface area (Å²) in [6, 6.07) is 0. The molecule has 0 bridgehead atoms. The minimum absolute atomic E-state index is 0.0431. The molecule has 1 heterocycles. The van der Waals surface area contributed by atoms with Crippen LogP contribution < -0.4 is 0 Å². The maximum atomic E-state index is 12.7. The number of esters is 5. The molecular formula is C56H95NO10. The molecule has 1 aliphatic rings. The molecule has 1 aliphatic heterocycles. The van der Waals surface area contributed by atoms with Gasteiger partial charge in [-0.2, -0.15) is 0 Å². The number of carbonyl (C=O) groups excluding carboxylic acids is 5. The lowest BCUT2D eigenvalue weighted by Gasteiger charge is -2.18. The molecule has 0 aromatic carbocycles. The van der Waals surface area contributed by atoms with E-state index < -0.39 is 17.9 Å². The standard InChI is InChI=1S/C56H95NO10/c1-5-9-13-17-21-32-49(33-22-18-14-10-6-2)44-63-52(58)36-25-27-38-54(60)65-46-51(48-67-56(62)40-31-43-57-41-29-30-42-57)47-66-55(61)39-28-26-37-53(59)64-45-50(34-23-19-15-11-7-3)35-24-20-16-12-8-4/h9-16,49-51H,5-8,17-48H2,1-4H3/b13-9-,14-10-,15-11-,16-12-. The van der Waals surface area contributed by atoms with Crippen LogP contribution >= 0.6 is 0 Å². The molecule has 0 aromatic heterocycles. The molecule has 1 fully saturated rings. The van der Waals surface area contributed by atoms with Gasteiger partial charge in [0.1, 0.15) is 19.8 Å². The molecule has 0 radical (unpaired) electrons. The molecule has 0 unspecified atom stereocenters. The Bertz CT molecular complexity index is 1260. The van der Waals surface area contributed by atoms with Gasteiger partial charge in [0, 0.05) is 32.1 Å². The Morgan fingerprint density at radius 1 is 0.373 bits per heavy atom. The molecule has 1 saturated heterocycles. The molecule has 384 valence electrons. The van der Waals surface area contributed by atoms with Gasteiger partial charge in [-0.1, -0.05) is 76.3 Å². The highest BCUT2D eigenvalue weighted by Gasteiger charge is 2.20. The molecule has 1 rings (SSSR count). The molecule has 0 saturated carbocycles. The number of carbonyl (C=O) groups is 5. The van der Waals surface area contributed by atoms with Gasteiger partial charge in [-0.25, -0.2) is 0 Å². The number of hydrogen-bond donors (Lipinski definition) is 0. The first-order chi connectivity index (χ1) is 32.7. The molecular weight excluding hydrogens is 847 g/mol. The summed E-state index contributed by atoms with van der Waals surface area (Å²) in [6.45, 7) is 12.2. The van der Waals surface area contributed by atoms with Crippen molar-refractivity contribution in [1.29, 1.82) is 0 Å². The van der Waals surface area contributed by atoms with Gasteiger partial charge in [0.2, 0.25) is 0 Å². The van der Waals surface area contributed by atoms with Crippen LogP contribution in [-0.4, -0.2) is 87.4 Å². The zero-order valence-corrected chi connectivity index (χ0v) is 42.8. The predicted octanol–water partition coefficient (Wildman–Crippen LogP) is 13.1. The van der Waals surface area contributed by atoms with Crippen LogP contribution in [0.1, 0.15) is 207 Å². The van der Waals surface area contributed by atoms with Crippen LogP contribution in [0, 0.1) is 17.8 Å². The molecule has 11 nitrogen and oxygen atoms in total. The summed E-state index contributed by atoms with van der Waals surface area (Å²) in [6.07, 6.45) is 40.5. The van der Waals surface area contributed by atoms with E-state index in [4.69, 9.17) is 23.7 Å². The monoisotopic (exact) mass is 942 g/mol. The van der Waals surface area contributed by atoms with Crippen LogP contribution in [0.3, 0.4) is 0 Å². The van der Waals surface area contributed by atoms with Gasteiger partial charge < -0.3 is 28.6 Å². The van der Waals surface area contributed by atoms with Crippen LogP contribution in [0.15, 0.2) is 48.6 Å². The number of likely N-dealkylation sites (tertiary alicyclic amines) is 1. The van der Waals surface area contributed by atoms with E-state index in [1.165, 1.54) is 12.8 Å². The van der Waals surface area contributed by atoms with Crippen molar-refractivity contribution in [2.75, 3.05) is 52.7 Å². The zero-order chi connectivity index (χ0) is 48.8. The van der Waals surface area contributed by atoms with E-state index in [0.29, 0.717) is 57.2 Å². The van der Waals surface area contributed by atoms with Crippen LogP contribution in [0.5, 0.6) is 0 Å². The van der Waals surface area contributed by atoms with Crippen molar-refractivity contribution in [1.82, 2.24) is 4.90 Å². The summed E-state index contributed by atoms with van der Waals surface area (Å²) in [7, 11) is 0. The lowest BCUT2D eigenvalue weighted by molar-refractivity contribution is -0.154. The third kappa shape index (κ3) is 38.9. The van der Waals surface area contributed by atoms with Crippen molar-refractivity contribution >= 4 is 29.8 Å². The highest BCUT2D eigenvalue weighted by Crippen LogP contribution is 2.20. The summed E-state index contributed by atoms with van der Waals surface area (Å²) >= 11 is 0. The summed E-state index contributed by atoms with van der Waals surface area (Å²) < 4.78 is 28.0. The minimum atomic E-state index is -0.531. The van der Waals surface area contributed by atoms with Gasteiger partial charge in [0.05, 0.1) is 19.1 Å². The van der Waals surface area contributed by atoms with Crippen molar-refractivity contribution in [2.45, 2.75) is 207 Å². The molecule has 0 spiro atoms. The first-order valence-electron chi connectivity index (χ1n) is 26.8. The van der Waals surface area contributed by atoms with Crippen molar-refractivity contribution in [3.63, 3.8) is 0 Å². The molecule has 0 atom stereocenters. The van der Waals surface area contributed by atoms with Crippen LogP contribution in [0.4, 0.5) is 0 Å². The van der Waals surface area contributed by atoms with E-state index in [0.717, 1.165) is 122 Å². The number of ether oxygens (including phenoxy) is 5. The maximum absolute atomic E-state index is 12.7. The first kappa shape index (κ1) is 61.3. The number of hydrogen-bond acceptors (Lipinski definition) is 11. The quantitative estimate of drug-likeness (QED) is 0.0250. The van der Waals surface area contributed by atoms with Gasteiger partial charge >= 0.3 is 29.8 Å². The average Bonchev–Trinajstić information content (AvgIpc) is 3.85. The van der Waals surface area contributed by atoms with E-state index >= 15 is 0 Å². The predicted molar refractivity (Wildman–Crippen MR) is 270 cm³/mol. The van der Waals surface area contributed by atoms with Crippen molar-refractivity contribution < 1.29 is 47.7 Å². The Morgan fingerprint density at radius 3 is 0.925 bits per heavy atom. The van der Waals surface area contributed by atoms with Crippen LogP contribution in [-0.2, 0) is 47.7 Å². The lowest BCUT2D eigenvalue weighted by atomic mass is 9.96. The second-order valence-corrected chi connectivity index (χ2v) is 18.3. The van der Waals surface area contributed by atoms with Gasteiger partial charge in [0.15, 0.2) is 0 Å². The number of nitrogens with zero attached hydrogens (tertiary/aromatic N) is 1. The SMILES string of the molecule is CC/C=C\CCCC(CCC/C=C\CC)COC(=O)CCCCC(=O)OCC(COC(=O)CCCCC(=O)OCC(CCC/C=C\CC)CCC/C=C\CC)COC(=O)CCCN1CCCC1. The normalized spacial score (nSPS) is 13.4. The van der Waals surface area contributed by atoms with Gasteiger partial charge in [-0.3, -0.25) is 24.0 Å². The Labute approximate surface area is 407 Å². The van der Waals surface area contributed by atoms with Gasteiger partial charge in [-0.05, 0) is 179 Å². The van der Waals surface area contributed by atoms with Gasteiger partial charge in [0.25, 0.3) is 0 Å². The fraction of sp³-hybridized carbons (Fsp3) is 0.768. The Morgan fingerprint density at radius 2 is 0.642 bits per heavy atom. The summed E-state index contributed by atoms with van der Waals surface area (Å²) in [5, 5.41) is 0. The molecule has 67 heavy (non-hydrogen) atoms. The van der Waals surface area contributed by atoms with Crippen molar-refractivity contribution in [3.8, 4) is 0 Å². The summed E-state index contributed by atoms with van der Waals surface area (Å²) in [5.74, 6) is -1.53. The Kier molecular flexibility index (Phi) is 40.9. The fourth-order valence-corrected chi connectivity index (χ4v) is 7.95. The van der Waals surface area contributed by atoms with Crippen molar-refractivity contribution in [2.24, 2.45) is 17.8 Å². The molecule has 0 amide bonds. The van der Waals surface area contributed by atoms with Gasteiger partial charge in [-0.15, -0.1) is 0 Å². The molecule has 0 N–H and O–H groups in total. The highest BCUT2D eigenvalue weighted by molar-refractivity contribution is 5.71. The summed E-state index contributed by atoms with van der Waals surface area (Å²) in [5.41, 5.74) is 0. The third-order valence-electron chi connectivity index (χ3n) is 12.0. The average molecular weight is 942 g/mol. The van der Waals surface area contributed by atoms with Crippen molar-refractivity contribution in [3.05, 3.63) is 48.6 Å². The van der Waals surface area contributed by atoms with E-state index in [1.807, 2.05) is 0 Å². The largest absolute Gasteiger partial charge is 0.465 e. The number of unbranched alkanes of at least 4 members (excludes halogenated alkanes) is 6. The minimum Gasteiger partial charge on any atom is -0.465 e. The third-order valence-corrected chi connectivity index (χ3v) is 12.0. The molecule has 11 heteroatoms. The zero-order valence-electron chi connectivity index (χ0n) is 42.8. The number of allylic oxidation sites excluding steroid dienone is 8.